The van der Waals surface area contributed by atoms with Gasteiger partial charge in [-0.15, -0.1) is 0 Å². The van der Waals surface area contributed by atoms with Gasteiger partial charge in [-0.1, -0.05) is 84.4 Å². The van der Waals surface area contributed by atoms with Gasteiger partial charge in [-0.3, -0.25) is 0 Å². The van der Waals surface area contributed by atoms with Gasteiger partial charge in [-0.05, 0) is 59.5 Å². The van der Waals surface area contributed by atoms with Crippen LogP contribution in [0.1, 0.15) is 67.7 Å². The summed E-state index contributed by atoms with van der Waals surface area (Å²) >= 11 is 0. The maximum absolute atomic E-state index is 4.52. The van der Waals surface area contributed by atoms with E-state index in [0.29, 0.717) is 28.6 Å². The molecule has 0 aromatic carbocycles. The predicted molar refractivity (Wildman–Crippen MR) is 103 cm³/mol. The van der Waals surface area contributed by atoms with Gasteiger partial charge in [0.15, 0.2) is 0 Å². The van der Waals surface area contributed by atoms with Crippen molar-refractivity contribution in [3.63, 3.8) is 0 Å². The van der Waals surface area contributed by atoms with Crippen LogP contribution in [-0.4, -0.2) is 0 Å². The van der Waals surface area contributed by atoms with Crippen molar-refractivity contribution in [3.8, 4) is 0 Å². The Labute approximate surface area is 144 Å². The highest BCUT2D eigenvalue weighted by Crippen LogP contribution is 2.72. The summed E-state index contributed by atoms with van der Waals surface area (Å²) in [5, 5.41) is 0. The van der Waals surface area contributed by atoms with Gasteiger partial charge in [0.1, 0.15) is 0 Å². The molecule has 0 heterocycles. The van der Waals surface area contributed by atoms with Crippen LogP contribution in [0.15, 0.2) is 47.6 Å². The average Bonchev–Trinajstić information content (AvgIpc) is 2.93. The van der Waals surface area contributed by atoms with Crippen molar-refractivity contribution in [1.29, 1.82) is 0 Å². The summed E-state index contributed by atoms with van der Waals surface area (Å²) in [7, 11) is 0. The van der Waals surface area contributed by atoms with E-state index >= 15 is 0 Å². The Bertz CT molecular complexity index is 537. The first-order chi connectivity index (χ1) is 10.7. The molecule has 1 fully saturated rings. The first kappa shape index (κ1) is 18.3. The van der Waals surface area contributed by atoms with E-state index in [1.807, 2.05) is 0 Å². The summed E-state index contributed by atoms with van der Waals surface area (Å²) in [5.74, 6) is 1.84. The van der Waals surface area contributed by atoms with E-state index in [4.69, 9.17) is 0 Å². The van der Waals surface area contributed by atoms with E-state index in [1.54, 1.807) is 0 Å². The molecule has 0 radical (unpaired) electrons. The molecule has 2 rings (SSSR count). The maximum Gasteiger partial charge on any atom is -0.00897 e. The van der Waals surface area contributed by atoms with Crippen LogP contribution in [-0.2, 0) is 0 Å². The molecule has 1 unspecified atom stereocenters. The van der Waals surface area contributed by atoms with Gasteiger partial charge in [0.05, 0.1) is 0 Å². The monoisotopic (exact) mass is 312 g/mol. The minimum Gasteiger partial charge on any atom is -0.0992 e. The largest absolute Gasteiger partial charge is 0.0992 e. The molecule has 2 aliphatic carbocycles. The summed E-state index contributed by atoms with van der Waals surface area (Å²) in [4.78, 5) is 0. The highest BCUT2D eigenvalue weighted by molar-refractivity contribution is 5.42. The summed E-state index contributed by atoms with van der Waals surface area (Å²) in [6.07, 6.45) is 13.1. The fraction of sp³-hybridized carbons (Fsp3) is 0.652. The van der Waals surface area contributed by atoms with E-state index in [-0.39, 0.29) is 0 Å². The van der Waals surface area contributed by atoms with Crippen LogP contribution in [0.4, 0.5) is 0 Å². The lowest BCUT2D eigenvalue weighted by Gasteiger charge is -2.26. The molecule has 23 heavy (non-hydrogen) atoms. The van der Waals surface area contributed by atoms with Crippen molar-refractivity contribution >= 4 is 0 Å². The van der Waals surface area contributed by atoms with Crippen LogP contribution >= 0.6 is 0 Å². The van der Waals surface area contributed by atoms with Gasteiger partial charge in [-0.25, -0.2) is 0 Å². The Morgan fingerprint density at radius 2 is 1.91 bits per heavy atom. The topological polar surface area (TPSA) is 0 Å². The zero-order chi connectivity index (χ0) is 17.4. The van der Waals surface area contributed by atoms with E-state index in [9.17, 15) is 0 Å². The van der Waals surface area contributed by atoms with Crippen molar-refractivity contribution in [2.24, 2.45) is 28.6 Å². The molecule has 0 nitrogen and oxygen atoms in total. The average molecular weight is 313 g/mol. The Morgan fingerprint density at radius 3 is 2.30 bits per heavy atom. The highest BCUT2D eigenvalue weighted by atomic mass is 14.7. The van der Waals surface area contributed by atoms with Gasteiger partial charge < -0.3 is 0 Å². The minimum absolute atomic E-state index is 0.400. The lowest BCUT2D eigenvalue weighted by molar-refractivity contribution is 0.452. The van der Waals surface area contributed by atoms with Crippen molar-refractivity contribution in [3.05, 3.63) is 47.6 Å². The molecule has 1 saturated carbocycles. The molecule has 0 aliphatic heterocycles. The van der Waals surface area contributed by atoms with Gasteiger partial charge in [-0.2, -0.15) is 0 Å². The number of hydrogen-bond acceptors (Lipinski definition) is 0. The molecule has 0 spiro atoms. The van der Waals surface area contributed by atoms with Crippen molar-refractivity contribution in [2.45, 2.75) is 67.7 Å². The summed E-state index contributed by atoms with van der Waals surface area (Å²) in [6, 6.07) is 0. The van der Waals surface area contributed by atoms with Crippen molar-refractivity contribution in [2.75, 3.05) is 0 Å². The van der Waals surface area contributed by atoms with Crippen LogP contribution in [0, 0.1) is 28.6 Å². The van der Waals surface area contributed by atoms with E-state index in [2.05, 4.69) is 79.3 Å². The van der Waals surface area contributed by atoms with Gasteiger partial charge in [0, 0.05) is 0 Å². The lowest BCUT2D eigenvalue weighted by atomic mass is 9.78. The zero-order valence-corrected chi connectivity index (χ0v) is 16.4. The Hall–Kier alpha value is -1.04. The molecule has 0 heteroatoms. The number of hydrogen-bond donors (Lipinski definition) is 0. The van der Waals surface area contributed by atoms with Crippen molar-refractivity contribution < 1.29 is 0 Å². The molecule has 0 aromatic rings. The van der Waals surface area contributed by atoms with Crippen LogP contribution in [0.2, 0.25) is 0 Å². The number of rotatable bonds is 6. The third-order valence-electron chi connectivity index (χ3n) is 6.99. The van der Waals surface area contributed by atoms with Crippen LogP contribution in [0.5, 0.6) is 0 Å². The molecule has 0 N–H and O–H groups in total. The van der Waals surface area contributed by atoms with Gasteiger partial charge >= 0.3 is 0 Å². The molecular weight excluding hydrogens is 276 g/mol. The summed E-state index contributed by atoms with van der Waals surface area (Å²) in [5.41, 5.74) is 5.20. The Kier molecular flexibility index (Phi) is 5.14. The SMILES string of the molecule is C=C(C1C(C)(C)C1(C)C)[C@H](C)C1C=CC(/C(=C/C)CCC)=CC1. The summed E-state index contributed by atoms with van der Waals surface area (Å²) < 4.78 is 0. The second-order valence-electron chi connectivity index (χ2n) is 8.72. The van der Waals surface area contributed by atoms with Gasteiger partial charge in [0.25, 0.3) is 0 Å². The van der Waals surface area contributed by atoms with Crippen LogP contribution in [0.25, 0.3) is 0 Å². The smallest absolute Gasteiger partial charge is 0.00897 e. The molecule has 0 amide bonds. The maximum atomic E-state index is 4.52. The van der Waals surface area contributed by atoms with Crippen molar-refractivity contribution in [1.82, 2.24) is 0 Å². The predicted octanol–water partition coefficient (Wildman–Crippen LogP) is 7.11. The fourth-order valence-electron chi connectivity index (χ4n) is 4.63. The van der Waals surface area contributed by atoms with E-state index < -0.39 is 0 Å². The Morgan fingerprint density at radius 1 is 1.30 bits per heavy atom. The highest BCUT2D eigenvalue weighted by Gasteiger charge is 2.65. The standard InChI is InChI=1S/C23H36/c1-9-11-18(10-2)20-14-12-19(13-15-20)16(3)17(4)21-22(5,6)23(21,7)8/h10,12,14-16,19,21H,4,9,11,13H2,1-3,5-8H3/b18-10+/t16-,19?/m0/s1. The minimum atomic E-state index is 0.400. The zero-order valence-electron chi connectivity index (χ0n) is 16.4. The molecule has 128 valence electrons. The first-order valence-electron chi connectivity index (χ1n) is 9.41. The molecule has 2 aliphatic rings. The lowest BCUT2D eigenvalue weighted by Crippen LogP contribution is -2.16. The van der Waals surface area contributed by atoms with Crippen LogP contribution in [0.3, 0.4) is 0 Å². The fourth-order valence-corrected chi connectivity index (χ4v) is 4.63. The third kappa shape index (κ3) is 3.14. The molecule has 0 aromatic heterocycles. The Balaban J connectivity index is 2.02. The normalized spacial score (nSPS) is 27.5. The third-order valence-corrected chi connectivity index (χ3v) is 6.99. The number of allylic oxidation sites excluding steroid dienone is 7. The first-order valence-corrected chi connectivity index (χ1v) is 9.41. The summed E-state index contributed by atoms with van der Waals surface area (Å²) in [6.45, 7) is 20.9. The van der Waals surface area contributed by atoms with Gasteiger partial charge in [0.2, 0.25) is 0 Å². The second kappa shape index (κ2) is 6.46. The van der Waals surface area contributed by atoms with Crippen LogP contribution < -0.4 is 0 Å². The second-order valence-corrected chi connectivity index (χ2v) is 8.72. The quantitative estimate of drug-likeness (QED) is 0.458. The van der Waals surface area contributed by atoms with E-state index in [0.717, 1.165) is 6.42 Å². The molecule has 2 atom stereocenters. The molecular formula is C23H36. The molecule has 0 bridgehead atoms. The molecule has 0 saturated heterocycles. The van der Waals surface area contributed by atoms with E-state index in [1.165, 1.54) is 29.6 Å².